The molecule has 1 heterocycles. The van der Waals surface area contributed by atoms with Crippen molar-refractivity contribution in [1.29, 1.82) is 0 Å². The molecule has 1 N–H and O–H groups in total. The number of nitrogens with zero attached hydrogens (tertiary/aromatic N) is 1. The van der Waals surface area contributed by atoms with E-state index in [0.29, 0.717) is 19.3 Å². The molecule has 1 aliphatic carbocycles. The van der Waals surface area contributed by atoms with Crippen molar-refractivity contribution in [1.82, 2.24) is 9.71 Å². The Bertz CT molecular complexity index is 588. The zero-order valence-corrected chi connectivity index (χ0v) is 13.0. The maximum absolute atomic E-state index is 12.5. The van der Waals surface area contributed by atoms with Crippen LogP contribution in [0.15, 0.2) is 24.5 Å². The van der Waals surface area contributed by atoms with Gasteiger partial charge in [-0.25, -0.2) is 13.1 Å². The lowest BCUT2D eigenvalue weighted by molar-refractivity contribution is -0.145. The molecule has 1 aromatic heterocycles. The van der Waals surface area contributed by atoms with Gasteiger partial charge in [0.1, 0.15) is 0 Å². The summed E-state index contributed by atoms with van der Waals surface area (Å²) >= 11 is 0. The molecule has 1 fully saturated rings. The van der Waals surface area contributed by atoms with Crippen LogP contribution in [-0.2, 0) is 19.6 Å². The third-order valence-electron chi connectivity index (χ3n) is 3.88. The fourth-order valence-corrected chi connectivity index (χ4v) is 4.71. The molecule has 21 heavy (non-hydrogen) atoms. The number of sulfonamides is 1. The van der Waals surface area contributed by atoms with Crippen LogP contribution >= 0.6 is 0 Å². The van der Waals surface area contributed by atoms with Crippen LogP contribution in [-0.4, -0.2) is 31.7 Å². The number of aromatic nitrogens is 1. The highest BCUT2D eigenvalue weighted by Crippen LogP contribution is 2.32. The summed E-state index contributed by atoms with van der Waals surface area (Å²) in [5.74, 6) is -1.02. The van der Waals surface area contributed by atoms with Gasteiger partial charge >= 0.3 is 5.97 Å². The van der Waals surface area contributed by atoms with Crippen LogP contribution in [0.25, 0.3) is 0 Å². The van der Waals surface area contributed by atoms with Crippen molar-refractivity contribution in [2.45, 2.75) is 37.5 Å². The normalized spacial score (nSPS) is 23.7. The van der Waals surface area contributed by atoms with Crippen molar-refractivity contribution in [3.8, 4) is 0 Å². The number of nitrogens with one attached hydrogen (secondary N) is 1. The Labute approximate surface area is 125 Å². The fraction of sp³-hybridized carbons (Fsp3) is 0.571. The predicted molar refractivity (Wildman–Crippen MR) is 77.9 cm³/mol. The van der Waals surface area contributed by atoms with Gasteiger partial charge in [0.25, 0.3) is 0 Å². The summed E-state index contributed by atoms with van der Waals surface area (Å²) in [7, 11) is -2.30. The lowest BCUT2D eigenvalue weighted by Crippen LogP contribution is -2.40. The molecule has 3 atom stereocenters. The zero-order valence-electron chi connectivity index (χ0n) is 12.2. The van der Waals surface area contributed by atoms with Crippen molar-refractivity contribution in [3.63, 3.8) is 0 Å². The Kier molecular flexibility index (Phi) is 4.95. The Morgan fingerprint density at radius 1 is 1.48 bits per heavy atom. The van der Waals surface area contributed by atoms with E-state index in [1.807, 2.05) is 6.07 Å². The first kappa shape index (κ1) is 15.9. The van der Waals surface area contributed by atoms with Gasteiger partial charge in [-0.05, 0) is 31.4 Å². The molecule has 116 valence electrons. The molecule has 0 spiro atoms. The van der Waals surface area contributed by atoms with Gasteiger partial charge in [0.15, 0.2) is 0 Å². The van der Waals surface area contributed by atoms with Crippen molar-refractivity contribution >= 4 is 16.0 Å². The lowest BCUT2D eigenvalue weighted by atomic mass is 10.1. The number of hydrogen-bond donors (Lipinski definition) is 1. The van der Waals surface area contributed by atoms with Crippen LogP contribution in [0.4, 0.5) is 0 Å². The number of ether oxygens (including phenoxy) is 1. The summed E-state index contributed by atoms with van der Waals surface area (Å²) in [6, 6.07) is 3.18. The summed E-state index contributed by atoms with van der Waals surface area (Å²) < 4.78 is 32.4. The first-order chi connectivity index (χ1) is 9.95. The smallest absolute Gasteiger partial charge is 0.310 e. The van der Waals surface area contributed by atoms with E-state index >= 15 is 0 Å². The Hall–Kier alpha value is -1.47. The largest absolute Gasteiger partial charge is 0.469 e. The SMILES string of the molecule is COC(=O)C1CCCC1S(=O)(=O)NC(C)c1cccnc1. The third kappa shape index (κ3) is 3.59. The molecule has 0 saturated heterocycles. The summed E-state index contributed by atoms with van der Waals surface area (Å²) in [4.78, 5) is 15.7. The van der Waals surface area contributed by atoms with E-state index in [9.17, 15) is 13.2 Å². The summed E-state index contributed by atoms with van der Waals surface area (Å²) in [6.45, 7) is 1.76. The molecule has 1 saturated carbocycles. The van der Waals surface area contributed by atoms with Gasteiger partial charge in [-0.2, -0.15) is 0 Å². The average molecular weight is 312 g/mol. The molecule has 0 amide bonds. The number of pyridine rings is 1. The second-order valence-corrected chi connectivity index (χ2v) is 7.20. The summed E-state index contributed by atoms with van der Waals surface area (Å²) in [5.41, 5.74) is 0.786. The first-order valence-corrected chi connectivity index (χ1v) is 8.49. The van der Waals surface area contributed by atoms with Gasteiger partial charge in [-0.3, -0.25) is 9.78 Å². The summed E-state index contributed by atoms with van der Waals surface area (Å²) in [6.07, 6.45) is 5.01. The lowest BCUT2D eigenvalue weighted by Gasteiger charge is -2.21. The average Bonchev–Trinajstić information content (AvgIpc) is 2.97. The van der Waals surface area contributed by atoms with E-state index in [1.165, 1.54) is 7.11 Å². The Morgan fingerprint density at radius 3 is 2.86 bits per heavy atom. The number of carbonyl (C=O) groups excluding carboxylic acids is 1. The summed E-state index contributed by atoms with van der Waals surface area (Å²) in [5, 5.41) is -0.718. The minimum Gasteiger partial charge on any atom is -0.469 e. The molecular formula is C14H20N2O4S. The molecular weight excluding hydrogens is 292 g/mol. The van der Waals surface area contributed by atoms with Gasteiger partial charge in [0.2, 0.25) is 10.0 Å². The number of esters is 1. The van der Waals surface area contributed by atoms with Crippen LogP contribution in [0.3, 0.4) is 0 Å². The minimum atomic E-state index is -3.59. The fourth-order valence-electron chi connectivity index (χ4n) is 2.75. The maximum atomic E-state index is 12.5. The highest BCUT2D eigenvalue weighted by Gasteiger charge is 2.42. The van der Waals surface area contributed by atoms with Crippen LogP contribution < -0.4 is 4.72 Å². The van der Waals surface area contributed by atoms with Crippen LogP contribution in [0.2, 0.25) is 0 Å². The van der Waals surface area contributed by atoms with E-state index in [0.717, 1.165) is 5.56 Å². The predicted octanol–water partition coefficient (Wildman–Crippen LogP) is 1.40. The van der Waals surface area contributed by atoms with Crippen molar-refractivity contribution in [3.05, 3.63) is 30.1 Å². The van der Waals surface area contributed by atoms with Gasteiger partial charge in [0, 0.05) is 18.4 Å². The molecule has 3 unspecified atom stereocenters. The second kappa shape index (κ2) is 6.53. The van der Waals surface area contributed by atoms with Gasteiger partial charge < -0.3 is 4.74 Å². The van der Waals surface area contributed by atoms with Crippen molar-refractivity contribution in [2.75, 3.05) is 7.11 Å². The van der Waals surface area contributed by atoms with E-state index in [1.54, 1.807) is 25.4 Å². The molecule has 1 aliphatic rings. The molecule has 0 bridgehead atoms. The maximum Gasteiger partial charge on any atom is 0.310 e. The molecule has 7 heteroatoms. The monoisotopic (exact) mass is 312 g/mol. The van der Waals surface area contributed by atoms with Gasteiger partial charge in [-0.15, -0.1) is 0 Å². The van der Waals surface area contributed by atoms with E-state index in [-0.39, 0.29) is 6.04 Å². The molecule has 0 radical (unpaired) electrons. The molecule has 0 aliphatic heterocycles. The first-order valence-electron chi connectivity index (χ1n) is 6.94. The highest BCUT2D eigenvalue weighted by atomic mass is 32.2. The van der Waals surface area contributed by atoms with Crippen molar-refractivity contribution in [2.24, 2.45) is 5.92 Å². The third-order valence-corrected chi connectivity index (χ3v) is 5.92. The number of carbonyl (C=O) groups is 1. The van der Waals surface area contributed by atoms with E-state index in [2.05, 4.69) is 9.71 Å². The number of hydrogen-bond acceptors (Lipinski definition) is 5. The molecule has 0 aromatic carbocycles. The number of rotatable bonds is 5. The minimum absolute atomic E-state index is 0.386. The molecule has 1 aromatic rings. The quantitative estimate of drug-likeness (QED) is 0.831. The standard InChI is InChI=1S/C14H20N2O4S/c1-10(11-5-4-8-15-9-11)16-21(18,19)13-7-3-6-12(13)14(17)20-2/h4-5,8-10,12-13,16H,3,6-7H2,1-2H3. The zero-order chi connectivity index (χ0) is 15.5. The number of methoxy groups -OCH3 is 1. The Morgan fingerprint density at radius 2 is 2.24 bits per heavy atom. The van der Waals surface area contributed by atoms with E-state index < -0.39 is 27.2 Å². The Balaban J connectivity index is 2.13. The van der Waals surface area contributed by atoms with Gasteiger partial charge in [0.05, 0.1) is 18.3 Å². The molecule has 6 nitrogen and oxygen atoms in total. The second-order valence-electron chi connectivity index (χ2n) is 5.27. The van der Waals surface area contributed by atoms with Crippen LogP contribution in [0.5, 0.6) is 0 Å². The highest BCUT2D eigenvalue weighted by molar-refractivity contribution is 7.90. The topological polar surface area (TPSA) is 85.4 Å². The van der Waals surface area contributed by atoms with Gasteiger partial charge in [-0.1, -0.05) is 12.5 Å². The van der Waals surface area contributed by atoms with Crippen LogP contribution in [0.1, 0.15) is 37.8 Å². The van der Waals surface area contributed by atoms with Crippen LogP contribution in [0, 0.1) is 5.92 Å². The van der Waals surface area contributed by atoms with Crippen molar-refractivity contribution < 1.29 is 17.9 Å². The van der Waals surface area contributed by atoms with E-state index in [4.69, 9.17) is 4.74 Å². The molecule has 2 rings (SSSR count).